The van der Waals surface area contributed by atoms with E-state index in [-0.39, 0.29) is 133 Å². The maximum Gasteiger partial charge on any atom is 0.305 e. The molecule has 3 rings (SSSR count). The highest BCUT2D eigenvalue weighted by Gasteiger charge is 2.43. The summed E-state index contributed by atoms with van der Waals surface area (Å²) in [7, 11) is 0. The fourth-order valence-corrected chi connectivity index (χ4v) is 13.3. The van der Waals surface area contributed by atoms with Crippen LogP contribution in [-0.4, -0.2) is 297 Å². The number of nitrogens with one attached hydrogen (secondary N) is 20. The van der Waals surface area contributed by atoms with E-state index in [4.69, 9.17) is 50.6 Å². The van der Waals surface area contributed by atoms with E-state index in [9.17, 15) is 96.5 Å². The molecule has 694 valence electrons. The van der Waals surface area contributed by atoms with E-state index in [0.29, 0.717) is 12.1 Å². The second-order valence-electron chi connectivity index (χ2n) is 31.4. The zero-order valence-electron chi connectivity index (χ0n) is 71.0. The third kappa shape index (κ3) is 37.6. The van der Waals surface area contributed by atoms with Gasteiger partial charge in [-0.15, -0.1) is 0 Å². The lowest BCUT2D eigenvalue weighted by Gasteiger charge is -2.32. The lowest BCUT2D eigenvalue weighted by atomic mass is 9.99. The van der Waals surface area contributed by atoms with Crippen LogP contribution in [0.15, 0.2) is 12.5 Å². The summed E-state index contributed by atoms with van der Waals surface area (Å²) in [6, 6.07) is -21.5. The van der Waals surface area contributed by atoms with Gasteiger partial charge in [0.05, 0.1) is 31.9 Å². The van der Waals surface area contributed by atoms with Gasteiger partial charge in [0.25, 0.3) is 0 Å². The maximum atomic E-state index is 14.9. The van der Waals surface area contributed by atoms with Gasteiger partial charge in [-0.25, -0.2) is 4.98 Å². The number of thiol groups is 1. The van der Waals surface area contributed by atoms with Gasteiger partial charge in [0.1, 0.15) is 84.6 Å². The average Bonchev–Trinajstić information content (AvgIpc) is 1.64. The number of H-pyrrole nitrogens is 1. The molecule has 50 heteroatoms. The summed E-state index contributed by atoms with van der Waals surface area (Å²) in [5.74, 6) is -20.0. The Morgan fingerprint density at radius 2 is 0.911 bits per heavy atom. The van der Waals surface area contributed by atoms with Crippen LogP contribution in [0.1, 0.15) is 157 Å². The summed E-state index contributed by atoms with van der Waals surface area (Å²) in [6.07, 6.45) is 1.04. The highest BCUT2D eigenvalue weighted by Crippen LogP contribution is 2.23. The van der Waals surface area contributed by atoms with Crippen molar-refractivity contribution in [3.05, 3.63) is 18.2 Å². The van der Waals surface area contributed by atoms with Gasteiger partial charge in [0.15, 0.2) is 17.9 Å². The topological polar surface area (TPSA) is 803 Å². The minimum atomic E-state index is -1.89. The lowest BCUT2D eigenvalue weighted by molar-refractivity contribution is -0.143. The van der Waals surface area contributed by atoms with Crippen molar-refractivity contribution in [2.24, 2.45) is 52.2 Å². The van der Waals surface area contributed by atoms with E-state index in [1.165, 1.54) is 36.2 Å². The third-order valence-corrected chi connectivity index (χ3v) is 20.1. The van der Waals surface area contributed by atoms with Crippen molar-refractivity contribution < 1.29 is 96.5 Å². The number of likely N-dealkylation sites (tertiary alicyclic amines) is 2. The van der Waals surface area contributed by atoms with E-state index in [0.717, 1.165) is 0 Å². The molecule has 1 aromatic heterocycles. The van der Waals surface area contributed by atoms with Gasteiger partial charge >= 0.3 is 5.97 Å². The number of rotatable bonds is 55. The zero-order chi connectivity index (χ0) is 93.4. The smallest absolute Gasteiger partial charge is 0.305 e. The molecule has 0 bridgehead atoms. The van der Waals surface area contributed by atoms with Gasteiger partial charge < -0.3 is 144 Å². The van der Waals surface area contributed by atoms with Gasteiger partial charge in [-0.3, -0.25) is 103 Å². The van der Waals surface area contributed by atoms with Crippen LogP contribution in [0.5, 0.6) is 0 Å². The number of guanidine groups is 3. The van der Waals surface area contributed by atoms with Crippen LogP contribution in [-0.2, 0) is 92.7 Å². The molecule has 3 heterocycles. The summed E-state index contributed by atoms with van der Waals surface area (Å²) in [5, 5.41) is 82.5. The molecule has 0 spiro atoms. The number of aliphatic carboxylic acids is 1. The molecule has 0 aromatic carbocycles. The molecule has 0 aliphatic carbocycles. The monoisotopic (exact) mass is 1770 g/mol. The minimum absolute atomic E-state index is 0.00138. The van der Waals surface area contributed by atoms with E-state index in [1.54, 1.807) is 41.5 Å². The quantitative estimate of drug-likeness (QED) is 0.0125. The van der Waals surface area contributed by atoms with Crippen molar-refractivity contribution >= 4 is 137 Å². The Morgan fingerprint density at radius 3 is 1.38 bits per heavy atom. The number of nitrogens with zero attached hydrogens (tertiary/aromatic N) is 3. The van der Waals surface area contributed by atoms with Gasteiger partial charge in [-0.2, -0.15) is 12.6 Å². The summed E-state index contributed by atoms with van der Waals surface area (Å²) >= 11 is 3.92. The Balaban J connectivity index is 1.90. The zero-order valence-corrected chi connectivity index (χ0v) is 71.9. The number of aliphatic hydroxyl groups excluding tert-OH is 1. The Bertz CT molecular complexity index is 3890. The average molecular weight is 1780 g/mol. The fraction of sp³-hybridized carbons (Fsp3) is 0.676. The van der Waals surface area contributed by atoms with E-state index < -0.39 is 247 Å². The van der Waals surface area contributed by atoms with Gasteiger partial charge in [0.2, 0.25) is 100 Å². The highest BCUT2D eigenvalue weighted by molar-refractivity contribution is 7.80. The number of hydrogen-bond donors (Lipinski definition) is 29. The van der Waals surface area contributed by atoms with Gasteiger partial charge in [-0.1, -0.05) is 41.5 Å². The van der Waals surface area contributed by atoms with Crippen molar-refractivity contribution in [3.8, 4) is 0 Å². The number of primary amides is 2. The number of imidazole rings is 1. The Labute approximate surface area is 722 Å². The van der Waals surface area contributed by atoms with Crippen molar-refractivity contribution in [2.75, 3.05) is 51.6 Å². The van der Waals surface area contributed by atoms with Gasteiger partial charge in [-0.05, 0) is 115 Å². The molecule has 1 aromatic rings. The summed E-state index contributed by atoms with van der Waals surface area (Å²) in [6.45, 7) is 10.8. The number of amides is 17. The molecule has 17 amide bonds. The molecule has 49 nitrogen and oxygen atoms in total. The summed E-state index contributed by atoms with van der Waals surface area (Å²) < 4.78 is 0. The molecule has 2 saturated heterocycles. The van der Waals surface area contributed by atoms with Crippen molar-refractivity contribution in [1.29, 1.82) is 16.2 Å². The first-order chi connectivity index (χ1) is 58.3. The van der Waals surface area contributed by atoms with E-state index >= 15 is 0 Å². The standard InChI is InChI=1S/C74H127N29O20S/c1-35(2)26-46(65(117)93-44(19-20-53(76)105)64(116)98-48(28-40-30-84-34-89-40)66(118)95-45(16-11-23-87-74(82)83)70(122)102-24-12-17-51(102)57(77)109)97-63(115)42(14-9-21-85-72(78)79)92-62(114)43(15-10-22-86-73(80)81)94-69(121)52-18-13-25-103(52)71(123)56(37(5)6)101-67(119)47(27-36(3)4)96-58(110)38(7)90-54(106)31-88-61(113)49(29-55(107)108)99-68(120)50(32-104)100-59(111)39(8)91-60(112)41(75)33-124/h30,34-39,41-52,56,104,124H,9-29,31-33,75H2,1-8H3,(H2,76,105)(H2,77,109)(H,84,89)(H,88,113)(H,90,106)(H,91,112)(H,92,114)(H,93,117)(H,94,121)(H,95,118)(H,96,110)(H,97,115)(H,98,116)(H,99,120)(H,100,111)(H,101,119)(H,107,108)(H4,78,79,85)(H4,80,81,86)(H4,82,83,87)/t38-,39-,41-,42-,43-,44-,45-,46-,47-,48-,49-,50-,51-,52-,56-/m0/s1. The van der Waals surface area contributed by atoms with Crippen molar-refractivity contribution in [2.45, 2.75) is 249 Å². The van der Waals surface area contributed by atoms with Crippen LogP contribution in [0.2, 0.25) is 0 Å². The molecule has 0 unspecified atom stereocenters. The van der Waals surface area contributed by atoms with Crippen LogP contribution >= 0.6 is 12.6 Å². The Kier molecular flexibility index (Phi) is 45.8. The van der Waals surface area contributed by atoms with Crippen molar-refractivity contribution in [3.63, 3.8) is 0 Å². The lowest BCUT2D eigenvalue weighted by Crippen LogP contribution is -2.61. The molecule has 2 aliphatic rings. The second kappa shape index (κ2) is 53.6. The number of carbonyl (C=O) groups is 18. The van der Waals surface area contributed by atoms with E-state index in [2.05, 4.69) is 108 Å². The maximum absolute atomic E-state index is 14.9. The summed E-state index contributed by atoms with van der Waals surface area (Å²) in [5.41, 5.74) is 33.8. The number of hydrogen-bond acceptors (Lipinski definition) is 25. The number of carboxylic acid groups (broad SMARTS) is 1. The molecule has 0 saturated carbocycles. The number of aromatic nitrogens is 2. The predicted molar refractivity (Wildman–Crippen MR) is 449 cm³/mol. The third-order valence-electron chi connectivity index (χ3n) is 19.7. The molecular weight excluding hydrogens is 1650 g/mol. The predicted octanol–water partition coefficient (Wildman–Crippen LogP) is -10.1. The first-order valence-electron chi connectivity index (χ1n) is 40.8. The number of carboxylic acids is 1. The van der Waals surface area contributed by atoms with Crippen LogP contribution in [0.3, 0.4) is 0 Å². The molecule has 124 heavy (non-hydrogen) atoms. The first-order valence-corrected chi connectivity index (χ1v) is 41.4. The van der Waals surface area contributed by atoms with Crippen LogP contribution < -0.4 is 119 Å². The largest absolute Gasteiger partial charge is 0.481 e. The number of carbonyl (C=O) groups excluding carboxylic acids is 17. The van der Waals surface area contributed by atoms with Crippen LogP contribution in [0.4, 0.5) is 0 Å². The van der Waals surface area contributed by atoms with Crippen LogP contribution in [0.25, 0.3) is 0 Å². The van der Waals surface area contributed by atoms with Crippen molar-refractivity contribution in [1.82, 2.24) is 105 Å². The van der Waals surface area contributed by atoms with E-state index in [1.807, 2.05) is 0 Å². The second-order valence-corrected chi connectivity index (χ2v) is 31.7. The number of nitrogens with two attached hydrogens (primary N) is 6. The highest BCUT2D eigenvalue weighted by atomic mass is 32.1. The molecular formula is C74H127N29O20S. The normalized spacial score (nSPS) is 16.7. The Morgan fingerprint density at radius 1 is 0.492 bits per heavy atom. The van der Waals surface area contributed by atoms with Crippen LogP contribution in [0, 0.1) is 34.0 Å². The minimum Gasteiger partial charge on any atom is -0.481 e. The molecule has 34 N–H and O–H groups in total. The summed E-state index contributed by atoms with van der Waals surface area (Å²) in [4.78, 5) is 256. The fourth-order valence-electron chi connectivity index (χ4n) is 13.1. The van der Waals surface area contributed by atoms with Gasteiger partial charge in [0, 0.05) is 63.2 Å². The molecule has 2 aliphatic heterocycles. The molecule has 15 atom stereocenters. The molecule has 2 fully saturated rings. The Hall–Kier alpha value is -12.2. The SMILES string of the molecule is CC(C)C[C@H](NC(=O)[C@H](C)NC(=O)CNC(=O)[C@H](CC(=O)O)NC(=O)[C@H](CO)NC(=O)[C@H](C)NC(=O)[C@@H](N)CS)C(=O)N[C@H](C(=O)N1CCC[C@H]1C(=O)N[C@@H](CCCNC(=N)N)C(=O)N[C@@H](CCCNC(=N)N)C(=O)N[C@@H](CC(C)C)C(=O)N[C@@H](CCC(N)=O)C(=O)N[C@@H](Cc1cnc[nH]1)C(=O)N[C@@H](CCCNC(=N)N)C(=O)N1CCC[C@H]1C(N)=O)C(C)C. The number of aromatic amines is 1. The number of aliphatic hydroxyl groups is 1. The molecule has 0 radical (unpaired) electrons. The first kappa shape index (κ1) is 106.